The van der Waals surface area contributed by atoms with Crippen molar-refractivity contribution in [1.29, 1.82) is 0 Å². The summed E-state index contributed by atoms with van der Waals surface area (Å²) in [6.07, 6.45) is -3.99. The SMILES string of the molecule is NC(=NC1CC1c1ccccc1OC(F)(F)F)N1CCSCC1. The van der Waals surface area contributed by atoms with Crippen LogP contribution in [0.25, 0.3) is 0 Å². The molecule has 3 rings (SSSR count). The number of halogens is 3. The summed E-state index contributed by atoms with van der Waals surface area (Å²) < 4.78 is 41.5. The van der Waals surface area contributed by atoms with Crippen LogP contribution < -0.4 is 10.5 Å². The predicted molar refractivity (Wildman–Crippen MR) is 84.8 cm³/mol. The fraction of sp³-hybridized carbons (Fsp3) is 0.533. The summed E-state index contributed by atoms with van der Waals surface area (Å²) in [7, 11) is 0. The lowest BCUT2D eigenvalue weighted by Crippen LogP contribution is -2.42. The molecule has 0 bridgehead atoms. The monoisotopic (exact) mass is 345 g/mol. The number of guanidine groups is 1. The van der Waals surface area contributed by atoms with Gasteiger partial charge in [0, 0.05) is 30.5 Å². The van der Waals surface area contributed by atoms with E-state index in [-0.39, 0.29) is 17.7 Å². The van der Waals surface area contributed by atoms with Gasteiger partial charge in [0.1, 0.15) is 5.75 Å². The Kier molecular flexibility index (Phi) is 4.61. The van der Waals surface area contributed by atoms with Crippen molar-refractivity contribution in [3.05, 3.63) is 29.8 Å². The molecule has 0 amide bonds. The van der Waals surface area contributed by atoms with Crippen LogP contribution in [0.3, 0.4) is 0 Å². The van der Waals surface area contributed by atoms with E-state index >= 15 is 0 Å². The number of hydrogen-bond acceptors (Lipinski definition) is 3. The number of benzene rings is 1. The van der Waals surface area contributed by atoms with E-state index in [1.807, 2.05) is 16.7 Å². The minimum absolute atomic E-state index is 0.0636. The second kappa shape index (κ2) is 6.51. The number of aliphatic imine (C=N–C) groups is 1. The highest BCUT2D eigenvalue weighted by Crippen LogP contribution is 2.47. The highest BCUT2D eigenvalue weighted by Gasteiger charge is 2.42. The van der Waals surface area contributed by atoms with E-state index < -0.39 is 6.36 Å². The molecule has 1 aromatic rings. The van der Waals surface area contributed by atoms with Crippen LogP contribution in [-0.2, 0) is 0 Å². The van der Waals surface area contributed by atoms with E-state index in [1.165, 1.54) is 12.1 Å². The maximum absolute atomic E-state index is 12.5. The molecule has 2 unspecified atom stereocenters. The molecular weight excluding hydrogens is 327 g/mol. The van der Waals surface area contributed by atoms with Gasteiger partial charge in [-0.2, -0.15) is 11.8 Å². The maximum atomic E-state index is 12.5. The van der Waals surface area contributed by atoms with Crippen LogP contribution >= 0.6 is 11.8 Å². The van der Waals surface area contributed by atoms with Gasteiger partial charge in [-0.05, 0) is 18.1 Å². The quantitative estimate of drug-likeness (QED) is 0.676. The summed E-state index contributed by atoms with van der Waals surface area (Å²) in [5.74, 6) is 2.33. The summed E-state index contributed by atoms with van der Waals surface area (Å²) in [6, 6.07) is 6.18. The molecule has 4 nitrogen and oxygen atoms in total. The summed E-state index contributed by atoms with van der Waals surface area (Å²) >= 11 is 1.88. The lowest BCUT2D eigenvalue weighted by Gasteiger charge is -2.27. The predicted octanol–water partition coefficient (Wildman–Crippen LogP) is 2.80. The van der Waals surface area contributed by atoms with E-state index in [0.29, 0.717) is 17.9 Å². The largest absolute Gasteiger partial charge is 0.573 e. The zero-order chi connectivity index (χ0) is 16.4. The fourth-order valence-corrected chi connectivity index (χ4v) is 3.61. The van der Waals surface area contributed by atoms with Crippen LogP contribution in [0.5, 0.6) is 5.75 Å². The number of rotatable bonds is 3. The lowest BCUT2D eigenvalue weighted by atomic mass is 10.1. The van der Waals surface area contributed by atoms with Gasteiger partial charge in [0.2, 0.25) is 0 Å². The van der Waals surface area contributed by atoms with E-state index in [9.17, 15) is 13.2 Å². The van der Waals surface area contributed by atoms with Gasteiger partial charge in [-0.25, -0.2) is 4.99 Å². The number of alkyl halides is 3. The van der Waals surface area contributed by atoms with Gasteiger partial charge in [0.25, 0.3) is 0 Å². The summed E-state index contributed by atoms with van der Waals surface area (Å²) in [4.78, 5) is 6.51. The number of para-hydroxylation sites is 1. The molecule has 1 aliphatic carbocycles. The third kappa shape index (κ3) is 4.25. The molecule has 2 atom stereocenters. The standard InChI is InChI=1S/C15H18F3N3OS/c16-15(17,18)22-13-4-2-1-3-10(13)11-9-12(11)20-14(19)21-5-7-23-8-6-21/h1-4,11-12H,5-9H2,(H2,19,20). The molecule has 1 saturated heterocycles. The van der Waals surface area contributed by atoms with Crippen molar-refractivity contribution in [3.8, 4) is 5.75 Å². The van der Waals surface area contributed by atoms with E-state index in [1.54, 1.807) is 12.1 Å². The number of ether oxygens (including phenoxy) is 1. The Morgan fingerprint density at radius 2 is 1.96 bits per heavy atom. The number of thioether (sulfide) groups is 1. The molecule has 2 N–H and O–H groups in total. The Bertz CT molecular complexity index is 588. The second-order valence-corrected chi connectivity index (χ2v) is 6.81. The van der Waals surface area contributed by atoms with Crippen LogP contribution in [0.2, 0.25) is 0 Å². The number of nitrogens with zero attached hydrogens (tertiary/aromatic N) is 2. The molecule has 1 aromatic carbocycles. The first-order valence-electron chi connectivity index (χ1n) is 7.44. The average Bonchev–Trinajstić information content (AvgIpc) is 3.26. The fourth-order valence-electron chi connectivity index (χ4n) is 2.71. The van der Waals surface area contributed by atoms with Crippen molar-refractivity contribution in [2.45, 2.75) is 24.7 Å². The molecule has 0 radical (unpaired) electrons. The van der Waals surface area contributed by atoms with Crippen molar-refractivity contribution in [1.82, 2.24) is 4.90 Å². The highest BCUT2D eigenvalue weighted by molar-refractivity contribution is 7.99. The normalized spacial score (nSPS) is 25.3. The van der Waals surface area contributed by atoms with Gasteiger partial charge < -0.3 is 15.4 Å². The zero-order valence-corrected chi connectivity index (χ0v) is 13.2. The van der Waals surface area contributed by atoms with Gasteiger partial charge in [0.05, 0.1) is 6.04 Å². The van der Waals surface area contributed by atoms with Crippen molar-refractivity contribution < 1.29 is 17.9 Å². The molecule has 1 saturated carbocycles. The van der Waals surface area contributed by atoms with Crippen LogP contribution in [0.1, 0.15) is 17.9 Å². The molecule has 8 heteroatoms. The third-order valence-corrected chi connectivity index (χ3v) is 4.88. The van der Waals surface area contributed by atoms with Gasteiger partial charge in [-0.1, -0.05) is 18.2 Å². The first kappa shape index (κ1) is 16.3. The van der Waals surface area contributed by atoms with Crippen molar-refractivity contribution in [2.24, 2.45) is 10.7 Å². The lowest BCUT2D eigenvalue weighted by molar-refractivity contribution is -0.274. The topological polar surface area (TPSA) is 50.9 Å². The molecule has 1 heterocycles. The molecular formula is C15H18F3N3OS. The van der Waals surface area contributed by atoms with Crippen LogP contribution in [-0.4, -0.2) is 47.9 Å². The van der Waals surface area contributed by atoms with Gasteiger partial charge in [-0.15, -0.1) is 13.2 Å². The van der Waals surface area contributed by atoms with Crippen LogP contribution in [0, 0.1) is 0 Å². The van der Waals surface area contributed by atoms with Crippen molar-refractivity contribution in [3.63, 3.8) is 0 Å². The van der Waals surface area contributed by atoms with Gasteiger partial charge in [0.15, 0.2) is 5.96 Å². The number of nitrogens with two attached hydrogens (primary N) is 1. The summed E-state index contributed by atoms with van der Waals surface area (Å²) in [6.45, 7) is 1.73. The Balaban J connectivity index is 1.68. The van der Waals surface area contributed by atoms with Crippen LogP contribution in [0.15, 0.2) is 29.3 Å². The van der Waals surface area contributed by atoms with Gasteiger partial charge in [-0.3, -0.25) is 0 Å². The average molecular weight is 345 g/mol. The Labute approximate surface area is 136 Å². The van der Waals surface area contributed by atoms with E-state index in [4.69, 9.17) is 5.73 Å². The molecule has 0 spiro atoms. The minimum Gasteiger partial charge on any atom is -0.405 e. The molecule has 126 valence electrons. The first-order chi connectivity index (χ1) is 10.9. The maximum Gasteiger partial charge on any atom is 0.573 e. The Morgan fingerprint density at radius 1 is 1.26 bits per heavy atom. The summed E-state index contributed by atoms with van der Waals surface area (Å²) in [5.41, 5.74) is 6.57. The molecule has 2 fully saturated rings. The Hall–Kier alpha value is -1.57. The smallest absolute Gasteiger partial charge is 0.405 e. The third-order valence-electron chi connectivity index (χ3n) is 3.93. The van der Waals surface area contributed by atoms with Crippen LogP contribution in [0.4, 0.5) is 13.2 Å². The number of hydrogen-bond donors (Lipinski definition) is 1. The molecule has 2 aliphatic rings. The first-order valence-corrected chi connectivity index (χ1v) is 8.60. The Morgan fingerprint density at radius 3 is 2.65 bits per heavy atom. The minimum atomic E-state index is -4.69. The second-order valence-electron chi connectivity index (χ2n) is 5.58. The molecule has 23 heavy (non-hydrogen) atoms. The zero-order valence-electron chi connectivity index (χ0n) is 12.4. The van der Waals surface area contributed by atoms with E-state index in [0.717, 1.165) is 24.6 Å². The molecule has 1 aliphatic heterocycles. The molecule has 0 aromatic heterocycles. The van der Waals surface area contributed by atoms with Crippen molar-refractivity contribution >= 4 is 17.7 Å². The van der Waals surface area contributed by atoms with Crippen molar-refractivity contribution in [2.75, 3.05) is 24.6 Å². The summed E-state index contributed by atoms with van der Waals surface area (Å²) in [5, 5.41) is 0. The van der Waals surface area contributed by atoms with E-state index in [2.05, 4.69) is 9.73 Å². The van der Waals surface area contributed by atoms with Gasteiger partial charge >= 0.3 is 6.36 Å². The highest BCUT2D eigenvalue weighted by atomic mass is 32.2.